The number of hydrogen-bond donors (Lipinski definition) is 0. The highest BCUT2D eigenvalue weighted by atomic mass is 16.1. The Hall–Kier alpha value is -0.330. The van der Waals surface area contributed by atoms with Gasteiger partial charge in [-0.25, -0.2) is 0 Å². The van der Waals surface area contributed by atoms with Crippen LogP contribution in [0.1, 0.15) is 52.4 Å². The standard InChI is InChI=1S/C13H22O/c1-3-10-8-12(10)13(14)11-6-4-5-9(2)7-11/h9-12H,3-8H2,1-2H3/t9?,10-,11?,12-/m1/s1. The smallest absolute Gasteiger partial charge is 0.139 e. The van der Waals surface area contributed by atoms with Crippen LogP contribution in [0.4, 0.5) is 0 Å². The Morgan fingerprint density at radius 2 is 2.07 bits per heavy atom. The fraction of sp³-hybridized carbons (Fsp3) is 0.923. The van der Waals surface area contributed by atoms with Gasteiger partial charge in [-0.3, -0.25) is 4.79 Å². The van der Waals surface area contributed by atoms with Crippen molar-refractivity contribution in [1.29, 1.82) is 0 Å². The average Bonchev–Trinajstić information content (AvgIpc) is 2.95. The van der Waals surface area contributed by atoms with Gasteiger partial charge in [0.15, 0.2) is 0 Å². The zero-order chi connectivity index (χ0) is 10.1. The second-order valence-electron chi connectivity index (χ2n) is 5.38. The van der Waals surface area contributed by atoms with Gasteiger partial charge >= 0.3 is 0 Å². The van der Waals surface area contributed by atoms with E-state index in [2.05, 4.69) is 13.8 Å². The first-order valence-corrected chi connectivity index (χ1v) is 6.26. The highest BCUT2D eigenvalue weighted by Gasteiger charge is 2.44. The molecule has 4 atom stereocenters. The molecule has 0 aromatic rings. The molecule has 0 saturated heterocycles. The van der Waals surface area contributed by atoms with E-state index in [1.54, 1.807) is 0 Å². The predicted octanol–water partition coefficient (Wildman–Crippen LogP) is 3.43. The monoisotopic (exact) mass is 194 g/mol. The molecule has 0 heterocycles. The zero-order valence-electron chi connectivity index (χ0n) is 9.46. The van der Waals surface area contributed by atoms with Gasteiger partial charge < -0.3 is 0 Å². The molecule has 2 aliphatic carbocycles. The quantitative estimate of drug-likeness (QED) is 0.672. The molecule has 2 saturated carbocycles. The van der Waals surface area contributed by atoms with Crippen LogP contribution in [0.2, 0.25) is 0 Å². The van der Waals surface area contributed by atoms with Crippen LogP contribution < -0.4 is 0 Å². The van der Waals surface area contributed by atoms with Crippen LogP contribution in [0.25, 0.3) is 0 Å². The lowest BCUT2D eigenvalue weighted by Gasteiger charge is -2.25. The summed E-state index contributed by atoms with van der Waals surface area (Å²) in [6.45, 7) is 4.51. The number of hydrogen-bond acceptors (Lipinski definition) is 1. The molecule has 0 N–H and O–H groups in total. The molecule has 80 valence electrons. The molecule has 0 amide bonds. The fourth-order valence-electron chi connectivity index (χ4n) is 3.04. The van der Waals surface area contributed by atoms with Gasteiger partial charge in [0.25, 0.3) is 0 Å². The molecule has 1 nitrogen and oxygen atoms in total. The molecule has 2 aliphatic rings. The minimum Gasteiger partial charge on any atom is -0.299 e. The summed E-state index contributed by atoms with van der Waals surface area (Å²) in [5.41, 5.74) is 0. The van der Waals surface area contributed by atoms with Crippen LogP contribution in [0, 0.1) is 23.7 Å². The van der Waals surface area contributed by atoms with Crippen molar-refractivity contribution in [2.75, 3.05) is 0 Å². The molecule has 1 heteroatoms. The number of carbonyl (C=O) groups excluding carboxylic acids is 1. The van der Waals surface area contributed by atoms with Crippen molar-refractivity contribution in [2.45, 2.75) is 52.4 Å². The zero-order valence-corrected chi connectivity index (χ0v) is 9.46. The van der Waals surface area contributed by atoms with Crippen molar-refractivity contribution in [1.82, 2.24) is 0 Å². The van der Waals surface area contributed by atoms with Gasteiger partial charge in [0.2, 0.25) is 0 Å². The molecule has 0 spiro atoms. The molecule has 0 radical (unpaired) electrons. The lowest BCUT2D eigenvalue weighted by atomic mass is 9.79. The van der Waals surface area contributed by atoms with Crippen molar-refractivity contribution in [3.8, 4) is 0 Å². The molecule has 2 unspecified atom stereocenters. The summed E-state index contributed by atoms with van der Waals surface area (Å²) < 4.78 is 0. The van der Waals surface area contributed by atoms with Crippen molar-refractivity contribution >= 4 is 5.78 Å². The van der Waals surface area contributed by atoms with E-state index < -0.39 is 0 Å². The first-order valence-electron chi connectivity index (χ1n) is 6.26. The third-order valence-electron chi connectivity index (χ3n) is 4.15. The minimum atomic E-state index is 0.431. The van der Waals surface area contributed by atoms with E-state index in [0.29, 0.717) is 17.6 Å². The summed E-state index contributed by atoms with van der Waals surface area (Å²) in [5, 5.41) is 0. The minimum absolute atomic E-state index is 0.431. The van der Waals surface area contributed by atoms with Crippen LogP contribution in [-0.4, -0.2) is 5.78 Å². The van der Waals surface area contributed by atoms with E-state index in [1.807, 2.05) is 0 Å². The first-order chi connectivity index (χ1) is 6.72. The molecule has 0 bridgehead atoms. The Balaban J connectivity index is 1.85. The van der Waals surface area contributed by atoms with Gasteiger partial charge in [0, 0.05) is 11.8 Å². The second-order valence-corrected chi connectivity index (χ2v) is 5.38. The van der Waals surface area contributed by atoms with Gasteiger partial charge in [-0.05, 0) is 31.1 Å². The molecular weight excluding hydrogens is 172 g/mol. The Bertz CT molecular complexity index is 221. The Morgan fingerprint density at radius 3 is 2.64 bits per heavy atom. The van der Waals surface area contributed by atoms with Crippen LogP contribution >= 0.6 is 0 Å². The van der Waals surface area contributed by atoms with E-state index in [-0.39, 0.29) is 0 Å². The predicted molar refractivity (Wildman–Crippen MR) is 58.0 cm³/mol. The van der Waals surface area contributed by atoms with E-state index in [0.717, 1.165) is 11.8 Å². The largest absolute Gasteiger partial charge is 0.299 e. The van der Waals surface area contributed by atoms with Crippen molar-refractivity contribution in [3.63, 3.8) is 0 Å². The van der Waals surface area contributed by atoms with Gasteiger partial charge in [-0.2, -0.15) is 0 Å². The highest BCUT2D eigenvalue weighted by molar-refractivity contribution is 5.86. The van der Waals surface area contributed by atoms with E-state index >= 15 is 0 Å². The van der Waals surface area contributed by atoms with E-state index in [1.165, 1.54) is 38.5 Å². The fourth-order valence-corrected chi connectivity index (χ4v) is 3.04. The lowest BCUT2D eigenvalue weighted by Crippen LogP contribution is -2.23. The van der Waals surface area contributed by atoms with Crippen LogP contribution in [0.3, 0.4) is 0 Å². The molecule has 0 aromatic carbocycles. The molecular formula is C13H22O. The van der Waals surface area contributed by atoms with E-state index in [9.17, 15) is 4.79 Å². The first kappa shape index (κ1) is 10.2. The Morgan fingerprint density at radius 1 is 1.29 bits per heavy atom. The Kier molecular flexibility index (Phi) is 2.94. The average molecular weight is 194 g/mol. The summed E-state index contributed by atoms with van der Waals surface area (Å²) in [4.78, 5) is 12.1. The highest BCUT2D eigenvalue weighted by Crippen LogP contribution is 2.45. The number of Topliss-reactive ketones (excluding diaryl/α,β-unsaturated/α-hetero) is 1. The summed E-state index contributed by atoms with van der Waals surface area (Å²) in [6, 6.07) is 0. The maximum absolute atomic E-state index is 12.1. The summed E-state index contributed by atoms with van der Waals surface area (Å²) in [6.07, 6.45) is 7.37. The molecule has 14 heavy (non-hydrogen) atoms. The van der Waals surface area contributed by atoms with Gasteiger partial charge in [-0.1, -0.05) is 33.1 Å². The normalized spacial score (nSPS) is 42.1. The van der Waals surface area contributed by atoms with Crippen LogP contribution in [-0.2, 0) is 4.79 Å². The van der Waals surface area contributed by atoms with Crippen LogP contribution in [0.5, 0.6) is 0 Å². The SMILES string of the molecule is CC[C@@H]1C[C@H]1C(=O)C1CCCC(C)C1. The number of rotatable bonds is 3. The molecule has 0 aromatic heterocycles. The Labute approximate surface area is 87.3 Å². The van der Waals surface area contributed by atoms with Gasteiger partial charge in [0.05, 0.1) is 0 Å². The van der Waals surface area contributed by atoms with E-state index in [4.69, 9.17) is 0 Å². The molecule has 2 fully saturated rings. The van der Waals surface area contributed by atoms with Crippen LogP contribution in [0.15, 0.2) is 0 Å². The number of ketones is 1. The topological polar surface area (TPSA) is 17.1 Å². The maximum Gasteiger partial charge on any atom is 0.139 e. The van der Waals surface area contributed by atoms with Gasteiger partial charge in [0.1, 0.15) is 5.78 Å². The summed E-state index contributed by atoms with van der Waals surface area (Å²) in [5.74, 6) is 3.05. The third-order valence-corrected chi connectivity index (χ3v) is 4.15. The summed E-state index contributed by atoms with van der Waals surface area (Å²) in [7, 11) is 0. The van der Waals surface area contributed by atoms with Crippen molar-refractivity contribution in [3.05, 3.63) is 0 Å². The van der Waals surface area contributed by atoms with Crippen molar-refractivity contribution in [2.24, 2.45) is 23.7 Å². The molecule has 2 rings (SSSR count). The third kappa shape index (κ3) is 2.02. The number of carbonyl (C=O) groups is 1. The maximum atomic E-state index is 12.1. The summed E-state index contributed by atoms with van der Waals surface area (Å²) >= 11 is 0. The van der Waals surface area contributed by atoms with Crippen molar-refractivity contribution < 1.29 is 4.79 Å². The lowest BCUT2D eigenvalue weighted by molar-refractivity contribution is -0.125. The molecule has 0 aliphatic heterocycles. The second kappa shape index (κ2) is 4.04. The van der Waals surface area contributed by atoms with Gasteiger partial charge in [-0.15, -0.1) is 0 Å².